The molecule has 1 N–H and O–H groups in total. The molecule has 130 valence electrons. The number of aromatic amines is 1. The van der Waals surface area contributed by atoms with Crippen molar-refractivity contribution in [1.29, 1.82) is 0 Å². The molecule has 0 saturated carbocycles. The van der Waals surface area contributed by atoms with Crippen molar-refractivity contribution in [3.05, 3.63) is 60.5 Å². The summed E-state index contributed by atoms with van der Waals surface area (Å²) in [7, 11) is 3.47. The van der Waals surface area contributed by atoms with E-state index in [0.717, 1.165) is 31.5 Å². The number of benzene rings is 3. The van der Waals surface area contributed by atoms with Gasteiger partial charge in [-0.2, -0.15) is 4.37 Å². The Balaban J connectivity index is 2.03. The van der Waals surface area contributed by atoms with Crippen molar-refractivity contribution in [3.63, 3.8) is 0 Å². The van der Waals surface area contributed by atoms with E-state index in [1.165, 1.54) is 29.4 Å². The molecular weight excluding hydrogens is 367 g/mol. The number of halogens is 1. The van der Waals surface area contributed by atoms with Crippen molar-refractivity contribution in [2.75, 3.05) is 14.1 Å². The van der Waals surface area contributed by atoms with Gasteiger partial charge in [-0.05, 0) is 40.9 Å². The normalized spacial score (nSPS) is 11.2. The number of hydrogen-bond donors (Lipinski definition) is 0. The first kappa shape index (κ1) is 17.0. The predicted molar refractivity (Wildman–Crippen MR) is 106 cm³/mol. The molecule has 0 aliphatic rings. The fraction of sp³-hybridized carbons (Fsp3) is 0.100. The largest absolute Gasteiger partial charge is 0.339 e. The fourth-order valence-corrected chi connectivity index (χ4v) is 4.72. The summed E-state index contributed by atoms with van der Waals surface area (Å²) in [4.78, 5) is 14.7. The molecule has 0 aliphatic carbocycles. The van der Waals surface area contributed by atoms with Gasteiger partial charge in [0.05, 0.1) is 5.39 Å². The van der Waals surface area contributed by atoms with Gasteiger partial charge in [-0.15, -0.1) is 0 Å². The van der Waals surface area contributed by atoms with Crippen LogP contribution in [0.5, 0.6) is 0 Å². The fourth-order valence-electron chi connectivity index (χ4n) is 2.96. The van der Waals surface area contributed by atoms with Crippen LogP contribution in [0.3, 0.4) is 0 Å². The van der Waals surface area contributed by atoms with E-state index >= 15 is 0 Å². The van der Waals surface area contributed by atoms with Crippen LogP contribution < -0.4 is 4.37 Å². The molecule has 3 nitrogen and oxygen atoms in total. The minimum atomic E-state index is -0.243. The Morgan fingerprint density at radius 2 is 1.85 bits per heavy atom. The van der Waals surface area contributed by atoms with E-state index in [-0.39, 0.29) is 11.1 Å². The van der Waals surface area contributed by atoms with Crippen molar-refractivity contribution in [2.24, 2.45) is 0 Å². The lowest BCUT2D eigenvalue weighted by Gasteiger charge is -2.14. The molecule has 26 heavy (non-hydrogen) atoms. The molecule has 0 aliphatic heterocycles. The minimum absolute atomic E-state index is 0.0439. The Labute approximate surface area is 158 Å². The van der Waals surface area contributed by atoms with E-state index in [9.17, 15) is 9.18 Å². The summed E-state index contributed by atoms with van der Waals surface area (Å²) in [5.41, 5.74) is 1.89. The second-order valence-corrected chi connectivity index (χ2v) is 7.97. The Kier molecular flexibility index (Phi) is 4.38. The highest BCUT2D eigenvalue weighted by Crippen LogP contribution is 2.42. The van der Waals surface area contributed by atoms with E-state index in [1.54, 1.807) is 31.1 Å². The number of hydrogen-bond acceptors (Lipinski definition) is 3. The van der Waals surface area contributed by atoms with Crippen molar-refractivity contribution < 1.29 is 13.6 Å². The third kappa shape index (κ3) is 2.85. The first-order valence-corrected chi connectivity index (χ1v) is 9.69. The van der Waals surface area contributed by atoms with Gasteiger partial charge in [0.1, 0.15) is 22.0 Å². The van der Waals surface area contributed by atoms with Gasteiger partial charge in [-0.1, -0.05) is 30.3 Å². The number of aromatic nitrogens is 1. The number of fused-ring (bicyclic) bond motifs is 2. The first-order valence-electron chi connectivity index (χ1n) is 8.05. The van der Waals surface area contributed by atoms with Crippen LogP contribution in [0.15, 0.2) is 59.6 Å². The molecule has 4 rings (SSSR count). The highest BCUT2D eigenvalue weighted by atomic mass is 32.2. The second-order valence-electron chi connectivity index (χ2n) is 6.12. The maximum atomic E-state index is 14.3. The topological polar surface area (TPSA) is 34.5 Å². The van der Waals surface area contributed by atoms with Crippen LogP contribution in [0.25, 0.3) is 32.0 Å². The van der Waals surface area contributed by atoms with Gasteiger partial charge in [0, 0.05) is 29.9 Å². The maximum absolute atomic E-state index is 14.3. The van der Waals surface area contributed by atoms with Crippen LogP contribution in [-0.4, -0.2) is 24.2 Å². The molecule has 0 spiro atoms. The SMILES string of the molecule is CN(C)C(=O)Sc1ccc2c[nH+]sc2c1-c1ccc(F)c2ccccc12. The molecule has 4 aromatic rings. The van der Waals surface area contributed by atoms with E-state index < -0.39 is 0 Å². The average Bonchev–Trinajstić information content (AvgIpc) is 3.11. The lowest BCUT2D eigenvalue weighted by molar-refractivity contribution is -0.287. The highest BCUT2D eigenvalue weighted by molar-refractivity contribution is 8.13. The number of amides is 1. The molecule has 0 unspecified atom stereocenters. The van der Waals surface area contributed by atoms with E-state index in [1.807, 2.05) is 36.5 Å². The maximum Gasteiger partial charge on any atom is 0.285 e. The molecule has 1 heterocycles. The van der Waals surface area contributed by atoms with E-state index in [2.05, 4.69) is 4.37 Å². The molecule has 6 heteroatoms. The summed E-state index contributed by atoms with van der Waals surface area (Å²) in [5.74, 6) is -0.243. The Morgan fingerprint density at radius 1 is 1.08 bits per heavy atom. The number of thioether (sulfide) groups is 1. The third-order valence-corrected chi connectivity index (χ3v) is 6.21. The summed E-state index contributed by atoms with van der Waals surface area (Å²) in [6.07, 6.45) is 1.94. The summed E-state index contributed by atoms with van der Waals surface area (Å²) in [6.45, 7) is 0. The number of nitrogens with one attached hydrogen (secondary N) is 1. The molecular formula is C20H16FN2OS2+. The molecule has 1 aromatic heterocycles. The van der Waals surface area contributed by atoms with E-state index in [4.69, 9.17) is 0 Å². The van der Waals surface area contributed by atoms with Gasteiger partial charge in [-0.25, -0.2) is 4.39 Å². The van der Waals surface area contributed by atoms with Gasteiger partial charge >= 0.3 is 0 Å². The van der Waals surface area contributed by atoms with Gasteiger partial charge < -0.3 is 4.90 Å². The number of carbonyl (C=O) groups excluding carboxylic acids is 1. The van der Waals surface area contributed by atoms with Crippen LogP contribution in [0, 0.1) is 5.82 Å². The van der Waals surface area contributed by atoms with Gasteiger partial charge in [0.15, 0.2) is 6.20 Å². The monoisotopic (exact) mass is 383 g/mol. The van der Waals surface area contributed by atoms with Crippen LogP contribution >= 0.6 is 23.3 Å². The number of H-pyrrole nitrogens is 1. The van der Waals surface area contributed by atoms with Crippen LogP contribution in [0.4, 0.5) is 9.18 Å². The van der Waals surface area contributed by atoms with Gasteiger partial charge in [-0.3, -0.25) is 4.79 Å². The van der Waals surface area contributed by atoms with Crippen LogP contribution in [0.2, 0.25) is 0 Å². The van der Waals surface area contributed by atoms with Crippen LogP contribution in [-0.2, 0) is 0 Å². The number of nitrogens with zero attached hydrogens (tertiary/aromatic N) is 1. The molecule has 0 bridgehead atoms. The van der Waals surface area contributed by atoms with Gasteiger partial charge in [0.2, 0.25) is 0 Å². The van der Waals surface area contributed by atoms with E-state index in [0.29, 0.717) is 5.39 Å². The standard InChI is InChI=1S/C20H15FN2OS2/c1-23(2)20(24)25-17-10-7-12-11-22-26-19(12)18(17)15-8-9-16(21)14-6-4-3-5-13(14)15/h3-11H,1-2H3/p+1. The molecule has 0 atom stereocenters. The first-order chi connectivity index (χ1) is 12.6. The molecule has 1 amide bonds. The third-order valence-electron chi connectivity index (χ3n) is 4.23. The molecule has 0 saturated heterocycles. The summed E-state index contributed by atoms with van der Waals surface area (Å²) < 4.78 is 18.5. The van der Waals surface area contributed by atoms with Crippen molar-refractivity contribution in [1.82, 2.24) is 4.90 Å². The number of rotatable bonds is 2. The van der Waals surface area contributed by atoms with Gasteiger partial charge in [0.25, 0.3) is 5.24 Å². The lowest BCUT2D eigenvalue weighted by atomic mass is 9.97. The summed E-state index contributed by atoms with van der Waals surface area (Å²) in [5, 5.41) is 2.45. The Bertz CT molecular complexity index is 1140. The lowest BCUT2D eigenvalue weighted by Crippen LogP contribution is -2.16. The zero-order valence-electron chi connectivity index (χ0n) is 14.2. The smallest absolute Gasteiger partial charge is 0.285 e. The summed E-state index contributed by atoms with van der Waals surface area (Å²) in [6, 6.07) is 14.7. The Morgan fingerprint density at radius 3 is 2.62 bits per heavy atom. The average molecular weight is 383 g/mol. The predicted octanol–water partition coefficient (Wildman–Crippen LogP) is 5.45. The molecule has 0 fully saturated rings. The molecule has 3 aromatic carbocycles. The molecule has 0 radical (unpaired) electrons. The quantitative estimate of drug-likeness (QED) is 0.432. The second kappa shape index (κ2) is 6.70. The van der Waals surface area contributed by atoms with Crippen LogP contribution in [0.1, 0.15) is 0 Å². The van der Waals surface area contributed by atoms with Crippen molar-refractivity contribution in [2.45, 2.75) is 4.90 Å². The summed E-state index contributed by atoms with van der Waals surface area (Å²) >= 11 is 2.70. The highest BCUT2D eigenvalue weighted by Gasteiger charge is 2.20. The Hall–Kier alpha value is -2.44. The van der Waals surface area contributed by atoms with Crippen molar-refractivity contribution >= 4 is 49.4 Å². The number of carbonyl (C=O) groups is 1. The van der Waals surface area contributed by atoms with Crippen molar-refractivity contribution in [3.8, 4) is 11.1 Å². The zero-order chi connectivity index (χ0) is 18.3. The minimum Gasteiger partial charge on any atom is -0.339 e. The zero-order valence-corrected chi connectivity index (χ0v) is 15.9.